The molecule has 1 saturated heterocycles. The van der Waals surface area contributed by atoms with E-state index in [1.165, 1.54) is 6.07 Å². The number of anilines is 2. The predicted octanol–water partition coefficient (Wildman–Crippen LogP) is 2.19. The lowest BCUT2D eigenvalue weighted by Gasteiger charge is -2.33. The quantitative estimate of drug-likeness (QED) is 0.816. The Morgan fingerprint density at radius 1 is 1.42 bits per heavy atom. The first-order valence-corrected chi connectivity index (χ1v) is 6.44. The van der Waals surface area contributed by atoms with E-state index in [1.807, 2.05) is 0 Å². The highest BCUT2D eigenvalue weighted by Crippen LogP contribution is 2.28. The standard InChI is InChI=1S/C14H18N2O3/c1-10-4-6-16(7-5-10)13-3-2-11(15-9-17)8-12(13)14(18)19/h2-3,8-10H,4-7H2,1H3,(H,15,17)(H,18,19). The van der Waals surface area contributed by atoms with Crippen molar-refractivity contribution in [1.82, 2.24) is 0 Å². The van der Waals surface area contributed by atoms with E-state index in [0.717, 1.165) is 31.6 Å². The smallest absolute Gasteiger partial charge is 0.337 e. The van der Waals surface area contributed by atoms with Gasteiger partial charge in [0.15, 0.2) is 0 Å². The van der Waals surface area contributed by atoms with Crippen LogP contribution in [0.1, 0.15) is 30.1 Å². The first kappa shape index (κ1) is 13.4. The fraction of sp³-hybridized carbons (Fsp3) is 0.429. The van der Waals surface area contributed by atoms with Crippen LogP contribution in [-0.2, 0) is 4.79 Å². The number of nitrogens with zero attached hydrogens (tertiary/aromatic N) is 1. The summed E-state index contributed by atoms with van der Waals surface area (Å²) in [6, 6.07) is 5.00. The van der Waals surface area contributed by atoms with Gasteiger partial charge in [-0.1, -0.05) is 6.92 Å². The molecule has 1 aliphatic heterocycles. The van der Waals surface area contributed by atoms with Gasteiger partial charge in [0.2, 0.25) is 6.41 Å². The minimum atomic E-state index is -0.969. The summed E-state index contributed by atoms with van der Waals surface area (Å²) in [5.41, 5.74) is 1.47. The molecule has 0 spiro atoms. The maximum absolute atomic E-state index is 11.3. The van der Waals surface area contributed by atoms with Crippen molar-refractivity contribution >= 4 is 23.8 Å². The number of carboxylic acids is 1. The number of nitrogens with one attached hydrogen (secondary N) is 1. The molecule has 5 heteroatoms. The summed E-state index contributed by atoms with van der Waals surface area (Å²) in [6.45, 7) is 3.97. The lowest BCUT2D eigenvalue weighted by Crippen LogP contribution is -2.33. The normalized spacial score (nSPS) is 16.2. The molecule has 2 N–H and O–H groups in total. The zero-order chi connectivity index (χ0) is 13.8. The number of carbonyl (C=O) groups is 2. The van der Waals surface area contributed by atoms with Gasteiger partial charge < -0.3 is 15.3 Å². The number of rotatable bonds is 4. The number of amides is 1. The molecule has 102 valence electrons. The zero-order valence-electron chi connectivity index (χ0n) is 10.9. The fourth-order valence-electron chi connectivity index (χ4n) is 2.39. The molecule has 0 saturated carbocycles. The molecular formula is C14H18N2O3. The second-order valence-corrected chi connectivity index (χ2v) is 4.97. The third-order valence-corrected chi connectivity index (χ3v) is 3.58. The molecule has 0 atom stereocenters. The van der Waals surface area contributed by atoms with Crippen molar-refractivity contribution in [1.29, 1.82) is 0 Å². The molecule has 1 heterocycles. The van der Waals surface area contributed by atoms with Crippen molar-refractivity contribution in [2.75, 3.05) is 23.3 Å². The average molecular weight is 262 g/mol. The van der Waals surface area contributed by atoms with Gasteiger partial charge in [0.05, 0.1) is 11.3 Å². The maximum atomic E-state index is 11.3. The van der Waals surface area contributed by atoms with Crippen molar-refractivity contribution in [3.8, 4) is 0 Å². The Balaban J connectivity index is 2.28. The number of piperidine rings is 1. The second-order valence-electron chi connectivity index (χ2n) is 4.97. The summed E-state index contributed by atoms with van der Waals surface area (Å²) in [5.74, 6) is -0.274. The van der Waals surface area contributed by atoms with Gasteiger partial charge in [-0.25, -0.2) is 4.79 Å². The molecule has 5 nitrogen and oxygen atoms in total. The Bertz CT molecular complexity index is 480. The molecule has 1 fully saturated rings. The summed E-state index contributed by atoms with van der Waals surface area (Å²) in [4.78, 5) is 23.9. The Morgan fingerprint density at radius 2 is 2.11 bits per heavy atom. The molecule has 0 bridgehead atoms. The van der Waals surface area contributed by atoms with Crippen LogP contribution < -0.4 is 10.2 Å². The van der Waals surface area contributed by atoms with Crippen LogP contribution in [0.25, 0.3) is 0 Å². The van der Waals surface area contributed by atoms with Crippen LogP contribution in [0.3, 0.4) is 0 Å². The Kier molecular flexibility index (Phi) is 4.04. The van der Waals surface area contributed by atoms with Gasteiger partial charge in [0.1, 0.15) is 0 Å². The molecular weight excluding hydrogens is 244 g/mol. The average Bonchev–Trinajstić information content (AvgIpc) is 2.40. The highest BCUT2D eigenvalue weighted by atomic mass is 16.4. The Labute approximate surface area is 112 Å². The third-order valence-electron chi connectivity index (χ3n) is 3.58. The first-order chi connectivity index (χ1) is 9.11. The maximum Gasteiger partial charge on any atom is 0.337 e. The van der Waals surface area contributed by atoms with Gasteiger partial charge in [0.25, 0.3) is 0 Å². The summed E-state index contributed by atoms with van der Waals surface area (Å²) >= 11 is 0. The molecule has 1 aliphatic rings. The van der Waals surface area contributed by atoms with E-state index in [0.29, 0.717) is 18.0 Å². The number of benzene rings is 1. The predicted molar refractivity (Wildman–Crippen MR) is 73.7 cm³/mol. The van der Waals surface area contributed by atoms with Crippen molar-refractivity contribution in [3.63, 3.8) is 0 Å². The highest BCUT2D eigenvalue weighted by molar-refractivity contribution is 5.96. The fourth-order valence-corrected chi connectivity index (χ4v) is 2.39. The molecule has 19 heavy (non-hydrogen) atoms. The first-order valence-electron chi connectivity index (χ1n) is 6.44. The summed E-state index contributed by atoms with van der Waals surface area (Å²) in [6.07, 6.45) is 2.70. The van der Waals surface area contributed by atoms with Crippen LogP contribution in [0.2, 0.25) is 0 Å². The van der Waals surface area contributed by atoms with Crippen molar-refractivity contribution < 1.29 is 14.7 Å². The van der Waals surface area contributed by atoms with Crippen molar-refractivity contribution in [2.24, 2.45) is 5.92 Å². The molecule has 0 radical (unpaired) electrons. The van der Waals surface area contributed by atoms with E-state index in [-0.39, 0.29) is 5.56 Å². The van der Waals surface area contributed by atoms with Gasteiger partial charge in [-0.05, 0) is 37.0 Å². The molecule has 1 amide bonds. The number of hydrogen-bond acceptors (Lipinski definition) is 3. The Hall–Kier alpha value is -2.04. The molecule has 0 unspecified atom stereocenters. The molecule has 1 aromatic carbocycles. The topological polar surface area (TPSA) is 69.6 Å². The minimum Gasteiger partial charge on any atom is -0.478 e. The SMILES string of the molecule is CC1CCN(c2ccc(NC=O)cc2C(=O)O)CC1. The summed E-state index contributed by atoms with van der Waals surface area (Å²) in [7, 11) is 0. The van der Waals surface area contributed by atoms with E-state index in [2.05, 4.69) is 17.1 Å². The van der Waals surface area contributed by atoms with Gasteiger partial charge in [-0.15, -0.1) is 0 Å². The number of carboxylic acid groups (broad SMARTS) is 1. The molecule has 2 rings (SSSR count). The van der Waals surface area contributed by atoms with E-state index in [1.54, 1.807) is 12.1 Å². The van der Waals surface area contributed by atoms with Crippen LogP contribution in [-0.4, -0.2) is 30.6 Å². The Morgan fingerprint density at radius 3 is 2.68 bits per heavy atom. The zero-order valence-corrected chi connectivity index (χ0v) is 10.9. The lowest BCUT2D eigenvalue weighted by molar-refractivity contribution is -0.105. The molecule has 0 aromatic heterocycles. The van der Waals surface area contributed by atoms with Crippen LogP contribution in [0.15, 0.2) is 18.2 Å². The van der Waals surface area contributed by atoms with Crippen LogP contribution in [0.5, 0.6) is 0 Å². The van der Waals surface area contributed by atoms with Gasteiger partial charge in [-0.3, -0.25) is 4.79 Å². The molecule has 1 aromatic rings. The molecule has 0 aliphatic carbocycles. The third kappa shape index (κ3) is 3.05. The van der Waals surface area contributed by atoms with E-state index >= 15 is 0 Å². The lowest BCUT2D eigenvalue weighted by atomic mass is 9.98. The van der Waals surface area contributed by atoms with E-state index in [4.69, 9.17) is 0 Å². The van der Waals surface area contributed by atoms with Crippen molar-refractivity contribution in [2.45, 2.75) is 19.8 Å². The van der Waals surface area contributed by atoms with E-state index in [9.17, 15) is 14.7 Å². The van der Waals surface area contributed by atoms with Gasteiger partial charge >= 0.3 is 5.97 Å². The van der Waals surface area contributed by atoms with Crippen molar-refractivity contribution in [3.05, 3.63) is 23.8 Å². The second kappa shape index (κ2) is 5.73. The number of hydrogen-bond donors (Lipinski definition) is 2. The van der Waals surface area contributed by atoms with Gasteiger partial charge in [-0.2, -0.15) is 0 Å². The summed E-state index contributed by atoms with van der Waals surface area (Å²) in [5, 5.41) is 11.8. The minimum absolute atomic E-state index is 0.237. The monoisotopic (exact) mass is 262 g/mol. The van der Waals surface area contributed by atoms with Crippen LogP contribution in [0, 0.1) is 5.92 Å². The van der Waals surface area contributed by atoms with E-state index < -0.39 is 5.97 Å². The largest absolute Gasteiger partial charge is 0.478 e. The van der Waals surface area contributed by atoms with Gasteiger partial charge in [0, 0.05) is 18.8 Å². The highest BCUT2D eigenvalue weighted by Gasteiger charge is 2.21. The number of carbonyl (C=O) groups excluding carboxylic acids is 1. The summed E-state index contributed by atoms with van der Waals surface area (Å²) < 4.78 is 0. The van der Waals surface area contributed by atoms with Crippen LogP contribution in [0.4, 0.5) is 11.4 Å². The number of aromatic carboxylic acids is 1. The van der Waals surface area contributed by atoms with Crippen LogP contribution >= 0.6 is 0 Å².